The van der Waals surface area contributed by atoms with E-state index in [1.165, 1.54) is 6.07 Å². The maximum Gasteiger partial charge on any atom is 0.416 e. The highest BCUT2D eigenvalue weighted by molar-refractivity contribution is 6.35. The number of benzene rings is 3. The van der Waals surface area contributed by atoms with Crippen molar-refractivity contribution in [3.8, 4) is 0 Å². The number of alkyl halides is 6. The number of anilines is 5. The van der Waals surface area contributed by atoms with E-state index in [9.17, 15) is 35.9 Å². The minimum absolute atomic E-state index is 0.0234. The first-order valence-electron chi connectivity index (χ1n) is 12.3. The molecule has 0 saturated heterocycles. The average molecular weight is 586 g/mol. The number of hydrogen-bond donors (Lipinski definition) is 5. The van der Waals surface area contributed by atoms with Crippen molar-refractivity contribution in [1.82, 2.24) is 4.98 Å². The molecule has 3 aromatic carbocycles. The fraction of sp³-hybridized carbons (Fsp3) is 0.103. The minimum atomic E-state index is -5.05. The molecule has 42 heavy (non-hydrogen) atoms. The van der Waals surface area contributed by atoms with Gasteiger partial charge in [-0.2, -0.15) is 26.3 Å². The number of carbonyl (C=O) groups excluding carboxylic acids is 2. The lowest BCUT2D eigenvalue weighted by molar-refractivity contribution is -0.143. The molecule has 0 saturated carbocycles. The number of urea groups is 1. The van der Waals surface area contributed by atoms with Gasteiger partial charge in [0.25, 0.3) is 5.91 Å². The van der Waals surface area contributed by atoms with Gasteiger partial charge in [-0.25, -0.2) is 4.79 Å². The number of rotatable bonds is 5. The molecule has 3 amide bonds. The van der Waals surface area contributed by atoms with Crippen LogP contribution in [-0.4, -0.2) is 16.9 Å². The SMILES string of the molecule is Cc1ccc(NC(=O)Nc2cc(C(F)(F)F)cc(C(F)(F)F)c2)cc1Nc1ccc2c(c1)NC(=O)/C2=C/c1ccc[nH]1. The zero-order valence-electron chi connectivity index (χ0n) is 21.6. The topological polar surface area (TPSA) is 98.0 Å². The molecule has 5 N–H and O–H groups in total. The predicted octanol–water partition coefficient (Wildman–Crippen LogP) is 8.24. The number of nitrogens with one attached hydrogen (secondary N) is 5. The fourth-order valence-corrected chi connectivity index (χ4v) is 4.32. The van der Waals surface area contributed by atoms with E-state index in [1.807, 2.05) is 17.4 Å². The summed E-state index contributed by atoms with van der Waals surface area (Å²) < 4.78 is 78.9. The summed E-state index contributed by atoms with van der Waals surface area (Å²) in [6, 6.07) is 13.4. The Kier molecular flexibility index (Phi) is 7.19. The molecule has 0 bridgehead atoms. The van der Waals surface area contributed by atoms with E-state index < -0.39 is 35.2 Å². The first-order valence-corrected chi connectivity index (χ1v) is 12.3. The summed E-state index contributed by atoms with van der Waals surface area (Å²) in [6.45, 7) is 1.79. The van der Waals surface area contributed by atoms with Gasteiger partial charge in [0, 0.05) is 40.2 Å². The zero-order chi connectivity index (χ0) is 30.2. The third-order valence-corrected chi connectivity index (χ3v) is 6.34. The summed E-state index contributed by atoms with van der Waals surface area (Å²) >= 11 is 0. The molecule has 7 nitrogen and oxygen atoms in total. The zero-order valence-corrected chi connectivity index (χ0v) is 21.6. The van der Waals surface area contributed by atoms with Crippen LogP contribution in [0.5, 0.6) is 0 Å². The summed E-state index contributed by atoms with van der Waals surface area (Å²) in [5, 5.41) is 10.5. The second kappa shape index (κ2) is 10.7. The summed E-state index contributed by atoms with van der Waals surface area (Å²) in [5.41, 5.74) is 0.953. The molecular formula is C29H21F6N5O2. The molecule has 0 atom stereocenters. The van der Waals surface area contributed by atoms with E-state index in [4.69, 9.17) is 0 Å². The summed E-state index contributed by atoms with van der Waals surface area (Å²) in [7, 11) is 0. The van der Waals surface area contributed by atoms with Crippen molar-refractivity contribution in [2.45, 2.75) is 19.3 Å². The average Bonchev–Trinajstić information content (AvgIpc) is 3.52. The van der Waals surface area contributed by atoms with Gasteiger partial charge < -0.3 is 26.3 Å². The van der Waals surface area contributed by atoms with Crippen molar-refractivity contribution in [3.05, 3.63) is 101 Å². The Labute approximate surface area is 234 Å². The Morgan fingerprint density at radius 1 is 0.810 bits per heavy atom. The minimum Gasteiger partial charge on any atom is -0.362 e. The quantitative estimate of drug-likeness (QED) is 0.121. The second-order valence-corrected chi connectivity index (χ2v) is 9.43. The van der Waals surface area contributed by atoms with Gasteiger partial charge in [0.1, 0.15) is 0 Å². The maximum atomic E-state index is 13.1. The second-order valence-electron chi connectivity index (χ2n) is 9.43. The van der Waals surface area contributed by atoms with Gasteiger partial charge in [-0.1, -0.05) is 12.1 Å². The van der Waals surface area contributed by atoms with Crippen LogP contribution in [0.25, 0.3) is 11.6 Å². The van der Waals surface area contributed by atoms with Crippen LogP contribution in [0.2, 0.25) is 0 Å². The summed E-state index contributed by atoms with van der Waals surface area (Å²) in [4.78, 5) is 28.1. The molecule has 216 valence electrons. The van der Waals surface area contributed by atoms with E-state index in [1.54, 1.807) is 49.5 Å². The molecule has 1 aromatic heterocycles. The highest BCUT2D eigenvalue weighted by Crippen LogP contribution is 2.38. The van der Waals surface area contributed by atoms with Gasteiger partial charge in [0.2, 0.25) is 0 Å². The Balaban J connectivity index is 1.32. The number of aryl methyl sites for hydroxylation is 1. The lowest BCUT2D eigenvalue weighted by Crippen LogP contribution is -2.21. The number of amides is 3. The molecule has 0 unspecified atom stereocenters. The van der Waals surface area contributed by atoms with Crippen molar-refractivity contribution in [3.63, 3.8) is 0 Å². The normalized spacial score (nSPS) is 14.0. The Morgan fingerprint density at radius 3 is 2.12 bits per heavy atom. The molecule has 0 spiro atoms. The van der Waals surface area contributed by atoms with E-state index in [-0.39, 0.29) is 17.7 Å². The van der Waals surface area contributed by atoms with Crippen molar-refractivity contribution in [2.24, 2.45) is 0 Å². The van der Waals surface area contributed by atoms with Crippen LogP contribution in [0.4, 0.5) is 59.6 Å². The summed E-state index contributed by atoms with van der Waals surface area (Å²) in [5.74, 6) is -0.256. The van der Waals surface area contributed by atoms with Crippen LogP contribution in [0, 0.1) is 6.92 Å². The first kappa shape index (κ1) is 28.3. The van der Waals surface area contributed by atoms with Crippen LogP contribution >= 0.6 is 0 Å². The summed E-state index contributed by atoms with van der Waals surface area (Å²) in [6.07, 6.45) is -6.61. The molecule has 0 aliphatic carbocycles. The number of H-pyrrole nitrogens is 1. The van der Waals surface area contributed by atoms with Crippen molar-refractivity contribution >= 4 is 52.0 Å². The molecular weight excluding hydrogens is 564 g/mol. The Bertz CT molecular complexity index is 1680. The molecule has 2 heterocycles. The third kappa shape index (κ3) is 6.24. The van der Waals surface area contributed by atoms with E-state index in [0.717, 1.165) is 11.3 Å². The molecule has 4 aromatic rings. The van der Waals surface area contributed by atoms with Gasteiger partial charge in [-0.05, 0) is 73.2 Å². The smallest absolute Gasteiger partial charge is 0.362 e. The number of halogens is 6. The molecule has 5 rings (SSSR count). The molecule has 1 aliphatic rings. The van der Waals surface area contributed by atoms with Crippen LogP contribution in [0.15, 0.2) is 72.9 Å². The highest BCUT2D eigenvalue weighted by atomic mass is 19.4. The number of aromatic amines is 1. The molecule has 13 heteroatoms. The monoisotopic (exact) mass is 585 g/mol. The van der Waals surface area contributed by atoms with E-state index in [0.29, 0.717) is 40.3 Å². The van der Waals surface area contributed by atoms with Gasteiger partial charge in [0.05, 0.1) is 22.4 Å². The first-order chi connectivity index (χ1) is 19.8. The van der Waals surface area contributed by atoms with Crippen LogP contribution in [-0.2, 0) is 17.1 Å². The van der Waals surface area contributed by atoms with Gasteiger partial charge in [0.15, 0.2) is 0 Å². The van der Waals surface area contributed by atoms with Gasteiger partial charge in [-0.3, -0.25) is 4.79 Å². The lowest BCUT2D eigenvalue weighted by atomic mass is 10.1. The van der Waals surface area contributed by atoms with Crippen molar-refractivity contribution in [2.75, 3.05) is 21.3 Å². The molecule has 0 radical (unpaired) electrons. The number of aromatic nitrogens is 1. The van der Waals surface area contributed by atoms with Crippen LogP contribution in [0.3, 0.4) is 0 Å². The maximum absolute atomic E-state index is 13.1. The fourth-order valence-electron chi connectivity index (χ4n) is 4.32. The van der Waals surface area contributed by atoms with E-state index >= 15 is 0 Å². The van der Waals surface area contributed by atoms with Crippen molar-refractivity contribution in [1.29, 1.82) is 0 Å². The van der Waals surface area contributed by atoms with Gasteiger partial charge in [-0.15, -0.1) is 0 Å². The predicted molar refractivity (Wildman–Crippen MR) is 147 cm³/mol. The van der Waals surface area contributed by atoms with Crippen molar-refractivity contribution < 1.29 is 35.9 Å². The number of fused-ring (bicyclic) bond motifs is 1. The highest BCUT2D eigenvalue weighted by Gasteiger charge is 2.37. The Morgan fingerprint density at radius 2 is 1.48 bits per heavy atom. The van der Waals surface area contributed by atoms with Crippen LogP contribution < -0.4 is 21.3 Å². The molecule has 1 aliphatic heterocycles. The lowest BCUT2D eigenvalue weighted by Gasteiger charge is -2.16. The van der Waals surface area contributed by atoms with Crippen LogP contribution in [0.1, 0.15) is 27.9 Å². The third-order valence-electron chi connectivity index (χ3n) is 6.34. The number of hydrogen-bond acceptors (Lipinski definition) is 3. The Hall–Kier alpha value is -5.20. The van der Waals surface area contributed by atoms with E-state index in [2.05, 4.69) is 20.9 Å². The standard InChI is InChI=1S/C29H21F6N5O2/c1-15-4-5-20(38-27(42)39-21-10-16(28(30,31)32)9-17(11-21)29(33,34)35)13-24(15)37-19-6-7-22-23(12-18-3-2-8-36-18)26(41)40-25(22)14-19/h2-14,36-37H,1H3,(H,40,41)(H2,38,39,42)/b23-12+. The number of carbonyl (C=O) groups is 2. The molecule has 0 fully saturated rings. The largest absolute Gasteiger partial charge is 0.416 e. The van der Waals surface area contributed by atoms with Gasteiger partial charge >= 0.3 is 18.4 Å².